The van der Waals surface area contributed by atoms with Crippen LogP contribution in [0.1, 0.15) is 45.5 Å². The molecule has 96 valence electrons. The number of aryl methyl sites for hydroxylation is 1. The minimum absolute atomic E-state index is 0.470. The zero-order chi connectivity index (χ0) is 13.0. The summed E-state index contributed by atoms with van der Waals surface area (Å²) < 4.78 is 0. The minimum atomic E-state index is 0.470. The Labute approximate surface area is 104 Å². The number of hydrogen-bond donors (Lipinski definition) is 1. The summed E-state index contributed by atoms with van der Waals surface area (Å²) in [7, 11) is 0. The van der Waals surface area contributed by atoms with Gasteiger partial charge in [-0.1, -0.05) is 13.8 Å². The van der Waals surface area contributed by atoms with Crippen molar-refractivity contribution < 1.29 is 0 Å². The summed E-state index contributed by atoms with van der Waals surface area (Å²) in [5.74, 6) is 2.42. The summed E-state index contributed by atoms with van der Waals surface area (Å²) in [6, 6.07) is 0.470. The molecule has 0 aliphatic heterocycles. The SMILES string of the molecule is CCc1nc(N)c(C)c(N(CC)C(C)CC)n1. The molecule has 1 unspecified atom stereocenters. The van der Waals surface area contributed by atoms with Crippen LogP contribution >= 0.6 is 0 Å². The van der Waals surface area contributed by atoms with Gasteiger partial charge >= 0.3 is 0 Å². The average Bonchev–Trinajstić information content (AvgIpc) is 2.34. The highest BCUT2D eigenvalue weighted by atomic mass is 15.2. The number of nitrogens with two attached hydrogens (primary N) is 1. The van der Waals surface area contributed by atoms with Crippen LogP contribution in [0.3, 0.4) is 0 Å². The summed E-state index contributed by atoms with van der Waals surface area (Å²) in [6.07, 6.45) is 1.91. The molecule has 0 fully saturated rings. The Morgan fingerprint density at radius 1 is 1.24 bits per heavy atom. The smallest absolute Gasteiger partial charge is 0.137 e. The Morgan fingerprint density at radius 2 is 1.88 bits per heavy atom. The molecule has 4 heteroatoms. The van der Waals surface area contributed by atoms with Crippen molar-refractivity contribution in [2.24, 2.45) is 0 Å². The number of anilines is 2. The Morgan fingerprint density at radius 3 is 2.35 bits per heavy atom. The molecule has 17 heavy (non-hydrogen) atoms. The van der Waals surface area contributed by atoms with E-state index in [4.69, 9.17) is 5.73 Å². The topological polar surface area (TPSA) is 55.0 Å². The molecule has 0 aliphatic rings. The van der Waals surface area contributed by atoms with E-state index in [1.54, 1.807) is 0 Å². The maximum absolute atomic E-state index is 5.95. The van der Waals surface area contributed by atoms with Gasteiger partial charge in [-0.25, -0.2) is 9.97 Å². The van der Waals surface area contributed by atoms with Crippen molar-refractivity contribution in [3.8, 4) is 0 Å². The third-order valence-corrected chi connectivity index (χ3v) is 3.26. The van der Waals surface area contributed by atoms with E-state index >= 15 is 0 Å². The summed E-state index contributed by atoms with van der Waals surface area (Å²) in [6.45, 7) is 11.5. The van der Waals surface area contributed by atoms with E-state index in [1.165, 1.54) is 0 Å². The van der Waals surface area contributed by atoms with E-state index in [1.807, 2.05) is 13.8 Å². The van der Waals surface area contributed by atoms with Crippen LogP contribution in [0.2, 0.25) is 0 Å². The van der Waals surface area contributed by atoms with Gasteiger partial charge in [-0.3, -0.25) is 0 Å². The van der Waals surface area contributed by atoms with Gasteiger partial charge in [0, 0.05) is 24.6 Å². The third kappa shape index (κ3) is 2.87. The average molecular weight is 236 g/mol. The Kier molecular flexibility index (Phi) is 4.73. The molecule has 1 aromatic rings. The zero-order valence-electron chi connectivity index (χ0n) is 11.6. The second-order valence-electron chi connectivity index (χ2n) is 4.37. The maximum atomic E-state index is 5.95. The van der Waals surface area contributed by atoms with E-state index < -0.39 is 0 Å². The fourth-order valence-corrected chi connectivity index (χ4v) is 1.90. The highest BCUT2D eigenvalue weighted by Crippen LogP contribution is 2.24. The standard InChI is InChI=1S/C13H24N4/c1-6-9(4)17(8-3)13-10(5)12(14)15-11(7-2)16-13/h9H,6-8H2,1-5H3,(H2,14,15,16). The molecular weight excluding hydrogens is 212 g/mol. The molecule has 0 bridgehead atoms. The largest absolute Gasteiger partial charge is 0.383 e. The molecule has 1 aromatic heterocycles. The highest BCUT2D eigenvalue weighted by molar-refractivity contribution is 5.56. The van der Waals surface area contributed by atoms with Gasteiger partial charge in [0.05, 0.1) is 0 Å². The first-order chi connectivity index (χ1) is 8.04. The Balaban J connectivity index is 3.22. The van der Waals surface area contributed by atoms with Gasteiger partial charge in [-0.05, 0) is 27.2 Å². The molecule has 0 aromatic carbocycles. The predicted octanol–water partition coefficient (Wildman–Crippen LogP) is 2.55. The van der Waals surface area contributed by atoms with Crippen LogP contribution in [-0.4, -0.2) is 22.6 Å². The molecule has 0 saturated heterocycles. The lowest BCUT2D eigenvalue weighted by molar-refractivity contribution is 0.619. The van der Waals surface area contributed by atoms with Crippen LogP contribution in [0.5, 0.6) is 0 Å². The molecule has 0 saturated carbocycles. The number of aromatic nitrogens is 2. The summed E-state index contributed by atoms with van der Waals surface area (Å²) in [5, 5.41) is 0. The van der Waals surface area contributed by atoms with E-state index in [2.05, 4.69) is 35.6 Å². The molecular formula is C13H24N4. The van der Waals surface area contributed by atoms with Gasteiger partial charge in [0.1, 0.15) is 17.5 Å². The number of rotatable bonds is 5. The van der Waals surface area contributed by atoms with Crippen molar-refractivity contribution in [2.75, 3.05) is 17.2 Å². The lowest BCUT2D eigenvalue weighted by Crippen LogP contribution is -2.34. The first-order valence-electron chi connectivity index (χ1n) is 6.44. The molecule has 1 heterocycles. The van der Waals surface area contributed by atoms with Crippen molar-refractivity contribution in [2.45, 2.75) is 53.5 Å². The first kappa shape index (κ1) is 13.7. The van der Waals surface area contributed by atoms with Crippen molar-refractivity contribution >= 4 is 11.6 Å². The Hall–Kier alpha value is -1.32. The fraction of sp³-hybridized carbons (Fsp3) is 0.692. The van der Waals surface area contributed by atoms with Crippen molar-refractivity contribution in [1.29, 1.82) is 0 Å². The van der Waals surface area contributed by atoms with Gasteiger partial charge in [-0.15, -0.1) is 0 Å². The fourth-order valence-electron chi connectivity index (χ4n) is 1.90. The molecule has 1 atom stereocenters. The summed E-state index contributed by atoms with van der Waals surface area (Å²) in [4.78, 5) is 11.2. The van der Waals surface area contributed by atoms with E-state index in [9.17, 15) is 0 Å². The quantitative estimate of drug-likeness (QED) is 0.853. The van der Waals surface area contributed by atoms with E-state index in [0.717, 1.165) is 36.6 Å². The van der Waals surface area contributed by atoms with Crippen LogP contribution in [0.25, 0.3) is 0 Å². The molecule has 0 aliphatic carbocycles. The second-order valence-corrected chi connectivity index (χ2v) is 4.37. The first-order valence-corrected chi connectivity index (χ1v) is 6.44. The molecule has 2 N–H and O–H groups in total. The van der Waals surface area contributed by atoms with Gasteiger partial charge in [-0.2, -0.15) is 0 Å². The molecule has 1 rings (SSSR count). The van der Waals surface area contributed by atoms with Crippen molar-refractivity contribution in [1.82, 2.24) is 9.97 Å². The lowest BCUT2D eigenvalue weighted by Gasteiger charge is -2.30. The van der Waals surface area contributed by atoms with Crippen LogP contribution < -0.4 is 10.6 Å². The Bertz CT molecular complexity index is 376. The van der Waals surface area contributed by atoms with Gasteiger partial charge in [0.2, 0.25) is 0 Å². The van der Waals surface area contributed by atoms with E-state index in [-0.39, 0.29) is 0 Å². The van der Waals surface area contributed by atoms with Crippen LogP contribution in [0.15, 0.2) is 0 Å². The summed E-state index contributed by atoms with van der Waals surface area (Å²) >= 11 is 0. The van der Waals surface area contributed by atoms with Gasteiger partial charge < -0.3 is 10.6 Å². The van der Waals surface area contributed by atoms with Crippen LogP contribution in [0.4, 0.5) is 11.6 Å². The predicted molar refractivity (Wildman–Crippen MR) is 73.3 cm³/mol. The number of nitrogen functional groups attached to an aromatic ring is 1. The highest BCUT2D eigenvalue weighted by Gasteiger charge is 2.17. The van der Waals surface area contributed by atoms with Gasteiger partial charge in [0.25, 0.3) is 0 Å². The normalized spacial score (nSPS) is 12.5. The number of nitrogens with zero attached hydrogens (tertiary/aromatic N) is 3. The zero-order valence-corrected chi connectivity index (χ0v) is 11.6. The minimum Gasteiger partial charge on any atom is -0.383 e. The second kappa shape index (κ2) is 5.84. The van der Waals surface area contributed by atoms with E-state index in [0.29, 0.717) is 11.9 Å². The van der Waals surface area contributed by atoms with Crippen molar-refractivity contribution in [3.05, 3.63) is 11.4 Å². The number of hydrogen-bond acceptors (Lipinski definition) is 4. The molecule has 0 amide bonds. The van der Waals surface area contributed by atoms with Crippen LogP contribution in [0, 0.1) is 6.92 Å². The molecule has 4 nitrogen and oxygen atoms in total. The van der Waals surface area contributed by atoms with Crippen molar-refractivity contribution in [3.63, 3.8) is 0 Å². The summed E-state index contributed by atoms with van der Waals surface area (Å²) in [5.41, 5.74) is 6.94. The molecule has 0 spiro atoms. The third-order valence-electron chi connectivity index (χ3n) is 3.26. The van der Waals surface area contributed by atoms with Gasteiger partial charge in [0.15, 0.2) is 0 Å². The van der Waals surface area contributed by atoms with Crippen LogP contribution in [-0.2, 0) is 6.42 Å². The maximum Gasteiger partial charge on any atom is 0.137 e. The lowest BCUT2D eigenvalue weighted by atomic mass is 10.2. The monoisotopic (exact) mass is 236 g/mol. The molecule has 0 radical (unpaired) electrons.